The van der Waals surface area contributed by atoms with Gasteiger partial charge in [-0.2, -0.15) is 0 Å². The van der Waals surface area contributed by atoms with E-state index in [2.05, 4.69) is 10.6 Å². The molecule has 0 spiro atoms. The molecule has 1 fully saturated rings. The summed E-state index contributed by atoms with van der Waals surface area (Å²) < 4.78 is 0. The van der Waals surface area contributed by atoms with E-state index < -0.39 is 0 Å². The molecule has 4 N–H and O–H groups in total. The number of aromatic hydroxyl groups is 2. The summed E-state index contributed by atoms with van der Waals surface area (Å²) >= 11 is 0. The van der Waals surface area contributed by atoms with Gasteiger partial charge >= 0.3 is 0 Å². The summed E-state index contributed by atoms with van der Waals surface area (Å²) in [5, 5.41) is 25.8. The molecular formula is C18H22N2O2. The average Bonchev–Trinajstić information content (AvgIpc) is 2.54. The molecule has 3 rings (SSSR count). The first-order valence-corrected chi connectivity index (χ1v) is 7.71. The second-order valence-corrected chi connectivity index (χ2v) is 5.95. The minimum Gasteiger partial charge on any atom is -0.508 e. The molecular weight excluding hydrogens is 276 g/mol. The molecule has 4 nitrogen and oxygen atoms in total. The quantitative estimate of drug-likeness (QED) is 0.695. The Hall–Kier alpha value is -2.04. The molecule has 116 valence electrons. The van der Waals surface area contributed by atoms with E-state index >= 15 is 0 Å². The van der Waals surface area contributed by atoms with Crippen molar-refractivity contribution < 1.29 is 10.2 Å². The zero-order valence-electron chi connectivity index (χ0n) is 12.5. The van der Waals surface area contributed by atoms with Gasteiger partial charge in [0.25, 0.3) is 0 Å². The van der Waals surface area contributed by atoms with Crippen LogP contribution in [0.4, 0.5) is 0 Å². The Labute approximate surface area is 130 Å². The second kappa shape index (κ2) is 6.81. The van der Waals surface area contributed by atoms with Crippen LogP contribution in [0.1, 0.15) is 11.1 Å². The standard InChI is InChI=1S/C18H22N2O2/c21-17-5-1-13(2-6-17)9-15-11-20-16(12-19-15)10-14-3-7-18(22)8-4-14/h1-8,15-16,19-22H,9-12H2/t15-,16-/m0/s1. The zero-order valence-corrected chi connectivity index (χ0v) is 12.5. The predicted molar refractivity (Wildman–Crippen MR) is 87.2 cm³/mol. The lowest BCUT2D eigenvalue weighted by molar-refractivity contribution is 0.342. The summed E-state index contributed by atoms with van der Waals surface area (Å²) in [5.41, 5.74) is 2.46. The molecule has 1 aliphatic heterocycles. The Morgan fingerprint density at radius 2 is 1.05 bits per heavy atom. The Balaban J connectivity index is 1.47. The SMILES string of the molecule is Oc1ccc(C[C@H]2CN[C@@H](Cc3ccc(O)cc3)CN2)cc1. The van der Waals surface area contributed by atoms with Gasteiger partial charge in [-0.3, -0.25) is 0 Å². The topological polar surface area (TPSA) is 64.5 Å². The van der Waals surface area contributed by atoms with Crippen molar-refractivity contribution in [3.05, 3.63) is 59.7 Å². The minimum atomic E-state index is 0.312. The van der Waals surface area contributed by atoms with Crippen LogP contribution in [0.3, 0.4) is 0 Å². The molecule has 2 aromatic rings. The number of benzene rings is 2. The summed E-state index contributed by atoms with van der Waals surface area (Å²) in [4.78, 5) is 0. The molecule has 0 radical (unpaired) electrons. The van der Waals surface area contributed by atoms with Crippen LogP contribution in [-0.4, -0.2) is 35.4 Å². The highest BCUT2D eigenvalue weighted by Crippen LogP contribution is 2.14. The number of phenols is 2. The van der Waals surface area contributed by atoms with Gasteiger partial charge in [-0.15, -0.1) is 0 Å². The highest BCUT2D eigenvalue weighted by molar-refractivity contribution is 5.27. The van der Waals surface area contributed by atoms with Gasteiger partial charge in [0.2, 0.25) is 0 Å². The number of rotatable bonds is 4. The lowest BCUT2D eigenvalue weighted by atomic mass is 10.00. The maximum Gasteiger partial charge on any atom is 0.115 e. The molecule has 1 aliphatic rings. The largest absolute Gasteiger partial charge is 0.508 e. The highest BCUT2D eigenvalue weighted by atomic mass is 16.3. The molecule has 0 saturated carbocycles. The van der Waals surface area contributed by atoms with E-state index in [0.29, 0.717) is 23.6 Å². The van der Waals surface area contributed by atoms with Crippen molar-refractivity contribution >= 4 is 0 Å². The van der Waals surface area contributed by atoms with E-state index in [4.69, 9.17) is 0 Å². The summed E-state index contributed by atoms with van der Waals surface area (Å²) in [6.07, 6.45) is 1.92. The summed E-state index contributed by atoms with van der Waals surface area (Å²) in [7, 11) is 0. The van der Waals surface area contributed by atoms with Gasteiger partial charge < -0.3 is 20.8 Å². The molecule has 0 aliphatic carbocycles. The van der Waals surface area contributed by atoms with Crippen molar-refractivity contribution in [2.24, 2.45) is 0 Å². The van der Waals surface area contributed by atoms with E-state index in [1.165, 1.54) is 11.1 Å². The third kappa shape index (κ3) is 4.00. The summed E-state index contributed by atoms with van der Waals surface area (Å²) in [5.74, 6) is 0.625. The van der Waals surface area contributed by atoms with Gasteiger partial charge in [-0.1, -0.05) is 24.3 Å². The summed E-state index contributed by atoms with van der Waals surface area (Å²) in [6, 6.07) is 15.7. The Morgan fingerprint density at radius 3 is 1.36 bits per heavy atom. The fourth-order valence-corrected chi connectivity index (χ4v) is 2.88. The molecule has 4 heteroatoms. The third-order valence-electron chi connectivity index (χ3n) is 4.14. The van der Waals surface area contributed by atoms with E-state index in [0.717, 1.165) is 25.9 Å². The second-order valence-electron chi connectivity index (χ2n) is 5.95. The number of hydrogen-bond donors (Lipinski definition) is 4. The molecule has 22 heavy (non-hydrogen) atoms. The van der Waals surface area contributed by atoms with Crippen LogP contribution in [-0.2, 0) is 12.8 Å². The van der Waals surface area contributed by atoms with Crippen LogP contribution in [0, 0.1) is 0 Å². The smallest absolute Gasteiger partial charge is 0.115 e. The maximum atomic E-state index is 9.31. The lowest BCUT2D eigenvalue weighted by Gasteiger charge is -2.31. The van der Waals surface area contributed by atoms with Crippen LogP contribution in [0.25, 0.3) is 0 Å². The van der Waals surface area contributed by atoms with Gasteiger partial charge in [0.1, 0.15) is 11.5 Å². The van der Waals surface area contributed by atoms with Crippen molar-refractivity contribution in [3.63, 3.8) is 0 Å². The molecule has 0 amide bonds. The normalized spacial score (nSPS) is 21.6. The monoisotopic (exact) mass is 298 g/mol. The van der Waals surface area contributed by atoms with Gasteiger partial charge in [-0.25, -0.2) is 0 Å². The molecule has 2 aromatic carbocycles. The minimum absolute atomic E-state index is 0.312. The Morgan fingerprint density at radius 1 is 0.682 bits per heavy atom. The summed E-state index contributed by atoms with van der Waals surface area (Å²) in [6.45, 7) is 1.87. The van der Waals surface area contributed by atoms with E-state index in [-0.39, 0.29) is 0 Å². The number of phenolic OH excluding ortho intramolecular Hbond substituents is 2. The van der Waals surface area contributed by atoms with Gasteiger partial charge in [0, 0.05) is 25.2 Å². The first kappa shape index (κ1) is 14.9. The lowest BCUT2D eigenvalue weighted by Crippen LogP contribution is -2.55. The van der Waals surface area contributed by atoms with Gasteiger partial charge in [0.05, 0.1) is 0 Å². The molecule has 0 unspecified atom stereocenters. The van der Waals surface area contributed by atoms with E-state index in [9.17, 15) is 10.2 Å². The maximum absolute atomic E-state index is 9.31. The molecule has 2 atom stereocenters. The molecule has 0 aromatic heterocycles. The van der Waals surface area contributed by atoms with Crippen molar-refractivity contribution in [2.75, 3.05) is 13.1 Å². The first-order chi connectivity index (χ1) is 10.7. The van der Waals surface area contributed by atoms with E-state index in [1.54, 1.807) is 24.3 Å². The van der Waals surface area contributed by atoms with Crippen molar-refractivity contribution in [1.82, 2.24) is 10.6 Å². The van der Waals surface area contributed by atoms with Crippen LogP contribution >= 0.6 is 0 Å². The van der Waals surface area contributed by atoms with Crippen LogP contribution < -0.4 is 10.6 Å². The Kier molecular flexibility index (Phi) is 4.61. The molecule has 1 saturated heterocycles. The zero-order chi connectivity index (χ0) is 15.4. The first-order valence-electron chi connectivity index (χ1n) is 7.71. The van der Waals surface area contributed by atoms with Crippen molar-refractivity contribution in [2.45, 2.75) is 24.9 Å². The third-order valence-corrected chi connectivity index (χ3v) is 4.14. The average molecular weight is 298 g/mol. The molecule has 1 heterocycles. The van der Waals surface area contributed by atoms with Crippen LogP contribution in [0.5, 0.6) is 11.5 Å². The van der Waals surface area contributed by atoms with Crippen molar-refractivity contribution in [1.29, 1.82) is 0 Å². The van der Waals surface area contributed by atoms with Crippen molar-refractivity contribution in [3.8, 4) is 11.5 Å². The van der Waals surface area contributed by atoms with Gasteiger partial charge in [-0.05, 0) is 48.2 Å². The number of nitrogens with one attached hydrogen (secondary N) is 2. The number of hydrogen-bond acceptors (Lipinski definition) is 4. The van der Waals surface area contributed by atoms with Gasteiger partial charge in [0.15, 0.2) is 0 Å². The van der Waals surface area contributed by atoms with Crippen LogP contribution in [0.15, 0.2) is 48.5 Å². The highest BCUT2D eigenvalue weighted by Gasteiger charge is 2.20. The Bertz CT molecular complexity index is 532. The predicted octanol–water partition coefficient (Wildman–Crippen LogP) is 1.81. The van der Waals surface area contributed by atoms with Crippen LogP contribution in [0.2, 0.25) is 0 Å². The fraction of sp³-hybridized carbons (Fsp3) is 0.333. The number of piperazine rings is 1. The fourth-order valence-electron chi connectivity index (χ4n) is 2.88. The molecule has 0 bridgehead atoms. The van der Waals surface area contributed by atoms with E-state index in [1.807, 2.05) is 24.3 Å².